The Morgan fingerprint density at radius 2 is 1.76 bits per heavy atom. The summed E-state index contributed by atoms with van der Waals surface area (Å²) in [6.07, 6.45) is 0.949. The van der Waals surface area contributed by atoms with Gasteiger partial charge in [-0.1, -0.05) is 0 Å². The summed E-state index contributed by atoms with van der Waals surface area (Å²) in [6, 6.07) is 12.4. The molecule has 2 aromatic carbocycles. The van der Waals surface area contributed by atoms with Crippen molar-refractivity contribution in [3.8, 4) is 17.2 Å². The Morgan fingerprint density at radius 3 is 2.34 bits per heavy atom. The standard InChI is InChI=1S/C23H30N2O4/c1-15(24-16(2)26)23-20-13-22(29-5)21(28-4)12-18(20)10-11-25(23)14-17-6-8-19(27-3)9-7-17/h6-9,12-13,15,23H,10-11,14H2,1-5H3,(H,24,26)/p+1/t15-,23+/m1/s1. The van der Waals surface area contributed by atoms with Gasteiger partial charge in [0, 0.05) is 24.5 Å². The van der Waals surface area contributed by atoms with E-state index in [9.17, 15) is 4.79 Å². The fraction of sp³-hybridized carbons (Fsp3) is 0.435. The Bertz CT molecular complexity index is 851. The van der Waals surface area contributed by atoms with Crippen molar-refractivity contribution in [3.05, 3.63) is 53.1 Å². The molecule has 0 bridgehead atoms. The number of hydrogen-bond donors (Lipinski definition) is 2. The fourth-order valence-electron chi connectivity index (χ4n) is 4.34. The third kappa shape index (κ3) is 4.65. The number of nitrogens with one attached hydrogen (secondary N) is 2. The Balaban J connectivity index is 1.96. The second-order valence-corrected chi connectivity index (χ2v) is 7.56. The quantitative estimate of drug-likeness (QED) is 0.747. The number of benzene rings is 2. The minimum absolute atomic E-state index is 0.0158. The topological polar surface area (TPSA) is 61.2 Å². The number of carbonyl (C=O) groups is 1. The number of ether oxygens (including phenoxy) is 3. The van der Waals surface area contributed by atoms with Gasteiger partial charge in [0.2, 0.25) is 5.91 Å². The molecule has 0 spiro atoms. The van der Waals surface area contributed by atoms with Crippen molar-refractivity contribution >= 4 is 5.91 Å². The maximum Gasteiger partial charge on any atom is 0.217 e. The highest BCUT2D eigenvalue weighted by atomic mass is 16.5. The molecule has 6 heteroatoms. The molecule has 0 radical (unpaired) electrons. The highest BCUT2D eigenvalue weighted by molar-refractivity contribution is 5.73. The molecule has 0 saturated carbocycles. The van der Waals surface area contributed by atoms with Crippen molar-refractivity contribution in [1.29, 1.82) is 0 Å². The number of methoxy groups -OCH3 is 3. The molecular formula is C23H31N2O4+. The van der Waals surface area contributed by atoms with E-state index in [4.69, 9.17) is 14.2 Å². The predicted octanol–water partition coefficient (Wildman–Crippen LogP) is 1.92. The molecule has 6 nitrogen and oxygen atoms in total. The van der Waals surface area contributed by atoms with Crippen LogP contribution >= 0.6 is 0 Å². The second kappa shape index (κ2) is 9.18. The van der Waals surface area contributed by atoms with Gasteiger partial charge in [0.15, 0.2) is 11.5 Å². The van der Waals surface area contributed by atoms with Crippen LogP contribution in [0.5, 0.6) is 17.2 Å². The van der Waals surface area contributed by atoms with Crippen molar-refractivity contribution in [2.75, 3.05) is 27.9 Å². The molecule has 156 valence electrons. The summed E-state index contributed by atoms with van der Waals surface area (Å²) in [5.41, 5.74) is 3.70. The van der Waals surface area contributed by atoms with Crippen LogP contribution < -0.4 is 24.4 Å². The Labute approximate surface area is 172 Å². The van der Waals surface area contributed by atoms with Crippen LogP contribution in [0.15, 0.2) is 36.4 Å². The first-order chi connectivity index (χ1) is 14.0. The highest BCUT2D eigenvalue weighted by Gasteiger charge is 2.36. The molecule has 1 aliphatic heterocycles. The third-order valence-electron chi connectivity index (χ3n) is 5.66. The van der Waals surface area contributed by atoms with E-state index in [-0.39, 0.29) is 18.0 Å². The molecule has 2 N–H and O–H groups in total. The minimum atomic E-state index is -0.0195. The smallest absolute Gasteiger partial charge is 0.217 e. The molecule has 3 rings (SSSR count). The lowest BCUT2D eigenvalue weighted by molar-refractivity contribution is -0.948. The zero-order valence-electron chi connectivity index (χ0n) is 17.9. The van der Waals surface area contributed by atoms with E-state index in [0.717, 1.165) is 36.8 Å². The Kier molecular flexibility index (Phi) is 6.64. The SMILES string of the molecule is COc1ccc(C[NH+]2CCc3cc(OC)c(OC)cc3[C@@H]2[C@@H](C)NC(C)=O)cc1. The average molecular weight is 400 g/mol. The average Bonchev–Trinajstić information content (AvgIpc) is 2.72. The molecule has 0 aromatic heterocycles. The summed E-state index contributed by atoms with van der Waals surface area (Å²) in [5, 5.41) is 3.10. The normalized spacial score (nSPS) is 19.1. The molecule has 1 aliphatic rings. The molecule has 2 aromatic rings. The van der Waals surface area contributed by atoms with E-state index in [1.54, 1.807) is 28.3 Å². The van der Waals surface area contributed by atoms with E-state index in [1.807, 2.05) is 12.1 Å². The van der Waals surface area contributed by atoms with Gasteiger partial charge in [-0.2, -0.15) is 0 Å². The first kappa shape index (κ1) is 21.0. The lowest BCUT2D eigenvalue weighted by atomic mass is 9.87. The summed E-state index contributed by atoms with van der Waals surface area (Å²) in [6.45, 7) is 5.49. The zero-order valence-corrected chi connectivity index (χ0v) is 17.9. The number of fused-ring (bicyclic) bond motifs is 1. The summed E-state index contributed by atoms with van der Waals surface area (Å²) in [7, 11) is 4.99. The van der Waals surface area contributed by atoms with Crippen LogP contribution in [-0.4, -0.2) is 39.8 Å². The molecule has 1 unspecified atom stereocenters. The maximum atomic E-state index is 11.8. The van der Waals surface area contributed by atoms with Crippen molar-refractivity contribution in [2.45, 2.75) is 38.9 Å². The number of carbonyl (C=O) groups excluding carboxylic acids is 1. The number of hydrogen-bond acceptors (Lipinski definition) is 4. The number of quaternary nitrogens is 1. The summed E-state index contributed by atoms with van der Waals surface area (Å²) in [4.78, 5) is 13.2. The highest BCUT2D eigenvalue weighted by Crippen LogP contribution is 2.35. The van der Waals surface area contributed by atoms with Gasteiger partial charge >= 0.3 is 0 Å². The molecule has 1 heterocycles. The van der Waals surface area contributed by atoms with E-state index in [2.05, 4.69) is 36.5 Å². The molecule has 3 atom stereocenters. The van der Waals surface area contributed by atoms with Crippen LogP contribution in [0.2, 0.25) is 0 Å². The Morgan fingerprint density at radius 1 is 1.10 bits per heavy atom. The van der Waals surface area contributed by atoms with Crippen LogP contribution in [0.25, 0.3) is 0 Å². The largest absolute Gasteiger partial charge is 0.497 e. The van der Waals surface area contributed by atoms with Gasteiger partial charge in [-0.25, -0.2) is 0 Å². The van der Waals surface area contributed by atoms with Crippen molar-refractivity contribution in [3.63, 3.8) is 0 Å². The van der Waals surface area contributed by atoms with E-state index in [0.29, 0.717) is 0 Å². The molecule has 0 saturated heterocycles. The second-order valence-electron chi connectivity index (χ2n) is 7.56. The maximum absolute atomic E-state index is 11.8. The van der Waals surface area contributed by atoms with Crippen LogP contribution in [-0.2, 0) is 17.8 Å². The van der Waals surface area contributed by atoms with Gasteiger partial charge in [0.05, 0.1) is 33.9 Å². The monoisotopic (exact) mass is 399 g/mol. The molecule has 0 aliphatic carbocycles. The summed E-state index contributed by atoms with van der Waals surface area (Å²) < 4.78 is 16.3. The van der Waals surface area contributed by atoms with Crippen LogP contribution in [0.3, 0.4) is 0 Å². The molecule has 1 amide bonds. The van der Waals surface area contributed by atoms with Crippen LogP contribution in [0.1, 0.15) is 36.6 Å². The summed E-state index contributed by atoms with van der Waals surface area (Å²) in [5.74, 6) is 2.30. The lowest BCUT2D eigenvalue weighted by Crippen LogP contribution is -3.13. The van der Waals surface area contributed by atoms with Gasteiger partial charge in [0.25, 0.3) is 0 Å². The molecule has 29 heavy (non-hydrogen) atoms. The fourth-order valence-corrected chi connectivity index (χ4v) is 4.34. The number of amides is 1. The van der Waals surface area contributed by atoms with Gasteiger partial charge in [0.1, 0.15) is 18.3 Å². The number of rotatable bonds is 7. The van der Waals surface area contributed by atoms with Gasteiger partial charge < -0.3 is 24.4 Å². The zero-order chi connectivity index (χ0) is 21.0. The third-order valence-corrected chi connectivity index (χ3v) is 5.66. The van der Waals surface area contributed by atoms with Gasteiger partial charge in [-0.3, -0.25) is 4.79 Å². The molecule has 0 fully saturated rings. The first-order valence-electron chi connectivity index (χ1n) is 9.96. The minimum Gasteiger partial charge on any atom is -0.497 e. The Hall–Kier alpha value is -2.73. The van der Waals surface area contributed by atoms with E-state index >= 15 is 0 Å². The van der Waals surface area contributed by atoms with E-state index in [1.165, 1.54) is 21.6 Å². The first-order valence-corrected chi connectivity index (χ1v) is 9.96. The van der Waals surface area contributed by atoms with Gasteiger partial charge in [-0.15, -0.1) is 0 Å². The summed E-state index contributed by atoms with van der Waals surface area (Å²) >= 11 is 0. The van der Waals surface area contributed by atoms with Crippen LogP contribution in [0, 0.1) is 0 Å². The van der Waals surface area contributed by atoms with Crippen LogP contribution in [0.4, 0.5) is 0 Å². The van der Waals surface area contributed by atoms with Crippen molar-refractivity contribution in [2.24, 2.45) is 0 Å². The lowest BCUT2D eigenvalue weighted by Gasteiger charge is -2.38. The van der Waals surface area contributed by atoms with Crippen molar-refractivity contribution < 1.29 is 23.9 Å². The molecular weight excluding hydrogens is 368 g/mol. The predicted molar refractivity (Wildman–Crippen MR) is 112 cm³/mol. The van der Waals surface area contributed by atoms with Crippen molar-refractivity contribution in [1.82, 2.24) is 5.32 Å². The van der Waals surface area contributed by atoms with E-state index < -0.39 is 0 Å². The van der Waals surface area contributed by atoms with Gasteiger partial charge in [-0.05, 0) is 48.9 Å².